The molecule has 0 radical (unpaired) electrons. The van der Waals surface area contributed by atoms with Crippen LogP contribution >= 0.6 is 11.3 Å². The number of nitrogens with zero attached hydrogens (tertiary/aromatic N) is 1. The van der Waals surface area contributed by atoms with Crippen molar-refractivity contribution in [2.24, 2.45) is 0 Å². The fourth-order valence-electron chi connectivity index (χ4n) is 2.80. The molecule has 0 saturated heterocycles. The molecule has 0 fully saturated rings. The lowest BCUT2D eigenvalue weighted by atomic mass is 9.97. The summed E-state index contributed by atoms with van der Waals surface area (Å²) in [5.41, 5.74) is 3.57. The van der Waals surface area contributed by atoms with E-state index in [1.165, 1.54) is 35.1 Å². The molecule has 27 heavy (non-hydrogen) atoms. The van der Waals surface area contributed by atoms with E-state index < -0.39 is 6.04 Å². The predicted octanol–water partition coefficient (Wildman–Crippen LogP) is 5.07. The number of amides is 1. The van der Waals surface area contributed by atoms with E-state index in [4.69, 9.17) is 0 Å². The molecular weight excluding hydrogens is 359 g/mol. The Morgan fingerprint density at radius 2 is 2.00 bits per heavy atom. The summed E-state index contributed by atoms with van der Waals surface area (Å²) in [6.07, 6.45) is 4.08. The number of hydrogen-bond acceptors (Lipinski definition) is 3. The number of benzene rings is 2. The Kier molecular flexibility index (Phi) is 6.14. The first-order valence-corrected chi connectivity index (χ1v) is 9.68. The lowest BCUT2D eigenvalue weighted by Crippen LogP contribution is -2.27. The molecule has 0 aliphatic carbocycles. The van der Waals surface area contributed by atoms with Gasteiger partial charge in [0.25, 0.3) is 0 Å². The van der Waals surface area contributed by atoms with Gasteiger partial charge >= 0.3 is 0 Å². The number of thiazole rings is 1. The van der Waals surface area contributed by atoms with Crippen molar-refractivity contribution in [3.05, 3.63) is 93.2 Å². The van der Waals surface area contributed by atoms with Gasteiger partial charge in [-0.05, 0) is 48.2 Å². The third-order valence-corrected chi connectivity index (χ3v) is 5.02. The second-order valence-electron chi connectivity index (χ2n) is 6.22. The lowest BCUT2D eigenvalue weighted by molar-refractivity contribution is -0.116. The lowest BCUT2D eigenvalue weighted by Gasteiger charge is -2.19. The highest BCUT2D eigenvalue weighted by molar-refractivity contribution is 7.09. The molecule has 0 spiro atoms. The molecule has 3 aromatic rings. The molecule has 3 nitrogen and oxygen atoms in total. The molecule has 2 aromatic carbocycles. The Bertz CT molecular complexity index is 947. The Morgan fingerprint density at radius 1 is 1.22 bits per heavy atom. The summed E-state index contributed by atoms with van der Waals surface area (Å²) in [4.78, 5) is 16.8. The maximum atomic E-state index is 13.7. The molecule has 1 heterocycles. The normalized spacial score (nSPS) is 12.3. The number of aryl methyl sites for hydroxylation is 2. The summed E-state index contributed by atoms with van der Waals surface area (Å²) in [7, 11) is 0. The smallest absolute Gasteiger partial charge is 0.244 e. The average molecular weight is 380 g/mol. The number of carbonyl (C=O) groups excluding carboxylic acids is 1. The molecule has 0 saturated carbocycles. The van der Waals surface area contributed by atoms with Crippen LogP contribution in [0.15, 0.2) is 60.0 Å². The fourth-order valence-corrected chi connectivity index (χ4v) is 3.38. The van der Waals surface area contributed by atoms with Crippen LogP contribution in [0.5, 0.6) is 0 Å². The highest BCUT2D eigenvalue weighted by Gasteiger charge is 2.16. The highest BCUT2D eigenvalue weighted by atomic mass is 32.1. The molecule has 1 aromatic heterocycles. The third-order valence-electron chi connectivity index (χ3n) is 4.23. The Balaban J connectivity index is 1.84. The second kappa shape index (κ2) is 8.73. The van der Waals surface area contributed by atoms with E-state index in [-0.39, 0.29) is 11.7 Å². The number of nitrogens with one attached hydrogen (secondary N) is 1. The van der Waals surface area contributed by atoms with Gasteiger partial charge in [0.2, 0.25) is 5.91 Å². The first-order valence-electron chi connectivity index (χ1n) is 8.80. The van der Waals surface area contributed by atoms with Crippen molar-refractivity contribution in [1.29, 1.82) is 0 Å². The van der Waals surface area contributed by atoms with Crippen LogP contribution in [0.1, 0.15) is 40.4 Å². The van der Waals surface area contributed by atoms with Gasteiger partial charge in [-0.2, -0.15) is 0 Å². The van der Waals surface area contributed by atoms with Gasteiger partial charge < -0.3 is 5.32 Å². The van der Waals surface area contributed by atoms with Gasteiger partial charge in [0.15, 0.2) is 0 Å². The SMILES string of the molecule is CCc1ccc(C(NC(=O)/C=C/c2csc(C)n2)c2cccc(F)c2)cc1. The second-order valence-corrected chi connectivity index (χ2v) is 7.28. The molecule has 138 valence electrons. The molecule has 0 aliphatic heterocycles. The van der Waals surface area contributed by atoms with Crippen molar-refractivity contribution in [2.75, 3.05) is 0 Å². The summed E-state index contributed by atoms with van der Waals surface area (Å²) in [5.74, 6) is -0.583. The quantitative estimate of drug-likeness (QED) is 0.607. The summed E-state index contributed by atoms with van der Waals surface area (Å²) >= 11 is 1.53. The molecule has 1 N–H and O–H groups in total. The molecule has 0 bridgehead atoms. The minimum Gasteiger partial charge on any atom is -0.342 e. The summed E-state index contributed by atoms with van der Waals surface area (Å²) in [5, 5.41) is 5.82. The molecule has 1 amide bonds. The van der Waals surface area contributed by atoms with Crippen molar-refractivity contribution in [3.63, 3.8) is 0 Å². The predicted molar refractivity (Wildman–Crippen MR) is 108 cm³/mol. The highest BCUT2D eigenvalue weighted by Crippen LogP contribution is 2.23. The maximum absolute atomic E-state index is 13.7. The molecular formula is C22H21FN2OS. The van der Waals surface area contributed by atoms with E-state index in [0.717, 1.165) is 22.7 Å². The van der Waals surface area contributed by atoms with Crippen molar-refractivity contribution in [2.45, 2.75) is 26.3 Å². The number of carbonyl (C=O) groups is 1. The van der Waals surface area contributed by atoms with Crippen LogP contribution in [0, 0.1) is 12.7 Å². The van der Waals surface area contributed by atoms with Crippen LogP contribution in [0.2, 0.25) is 0 Å². The van der Waals surface area contributed by atoms with E-state index in [0.29, 0.717) is 5.56 Å². The van der Waals surface area contributed by atoms with Gasteiger partial charge in [-0.15, -0.1) is 11.3 Å². The van der Waals surface area contributed by atoms with Crippen molar-refractivity contribution in [1.82, 2.24) is 10.3 Å². The Labute approximate surface area is 162 Å². The summed E-state index contributed by atoms with van der Waals surface area (Å²) in [6.45, 7) is 4.01. The van der Waals surface area contributed by atoms with Gasteiger partial charge in [-0.1, -0.05) is 43.3 Å². The largest absolute Gasteiger partial charge is 0.342 e. The van der Waals surface area contributed by atoms with Crippen LogP contribution in [0.4, 0.5) is 4.39 Å². The third kappa shape index (κ3) is 5.11. The van der Waals surface area contributed by atoms with Gasteiger partial charge in [-0.3, -0.25) is 4.79 Å². The van der Waals surface area contributed by atoms with Crippen LogP contribution in [-0.2, 0) is 11.2 Å². The number of aromatic nitrogens is 1. The van der Waals surface area contributed by atoms with Crippen molar-refractivity contribution < 1.29 is 9.18 Å². The number of rotatable bonds is 6. The first-order chi connectivity index (χ1) is 13.0. The molecule has 3 rings (SSSR count). The van der Waals surface area contributed by atoms with E-state index in [1.54, 1.807) is 12.1 Å². The maximum Gasteiger partial charge on any atom is 0.244 e. The zero-order chi connectivity index (χ0) is 19.2. The van der Waals surface area contributed by atoms with Gasteiger partial charge in [-0.25, -0.2) is 9.37 Å². The zero-order valence-corrected chi connectivity index (χ0v) is 16.1. The fraction of sp³-hybridized carbons (Fsp3) is 0.182. The number of halogens is 1. The standard InChI is InChI=1S/C22H21FN2OS/c1-3-16-7-9-17(10-8-16)22(18-5-4-6-19(23)13-18)25-21(26)12-11-20-14-27-15(2)24-20/h4-14,22H,3H2,1-2H3,(H,25,26)/b12-11+. The summed E-state index contributed by atoms with van der Waals surface area (Å²) in [6, 6.07) is 13.9. The van der Waals surface area contributed by atoms with E-state index in [9.17, 15) is 9.18 Å². The van der Waals surface area contributed by atoms with Crippen LogP contribution in [0.25, 0.3) is 6.08 Å². The molecule has 5 heteroatoms. The molecule has 1 atom stereocenters. The molecule has 0 aliphatic rings. The average Bonchev–Trinajstić information content (AvgIpc) is 3.10. The van der Waals surface area contributed by atoms with E-state index in [1.807, 2.05) is 42.6 Å². The monoisotopic (exact) mass is 380 g/mol. The topological polar surface area (TPSA) is 42.0 Å². The van der Waals surface area contributed by atoms with Crippen LogP contribution in [0.3, 0.4) is 0 Å². The van der Waals surface area contributed by atoms with Gasteiger partial charge in [0, 0.05) is 11.5 Å². The summed E-state index contributed by atoms with van der Waals surface area (Å²) < 4.78 is 13.7. The first kappa shape index (κ1) is 19.0. The van der Waals surface area contributed by atoms with Gasteiger partial charge in [0.1, 0.15) is 5.82 Å². The minimum absolute atomic E-state index is 0.255. The van der Waals surface area contributed by atoms with Gasteiger partial charge in [0.05, 0.1) is 16.7 Å². The van der Waals surface area contributed by atoms with Crippen molar-refractivity contribution in [3.8, 4) is 0 Å². The van der Waals surface area contributed by atoms with Crippen LogP contribution in [-0.4, -0.2) is 10.9 Å². The number of hydrogen-bond donors (Lipinski definition) is 1. The minimum atomic E-state index is -0.430. The Hall–Kier alpha value is -2.79. The van der Waals surface area contributed by atoms with Crippen molar-refractivity contribution >= 4 is 23.3 Å². The Morgan fingerprint density at radius 3 is 2.63 bits per heavy atom. The van der Waals surface area contributed by atoms with E-state index in [2.05, 4.69) is 17.2 Å². The molecule has 1 unspecified atom stereocenters. The van der Waals surface area contributed by atoms with E-state index >= 15 is 0 Å². The zero-order valence-electron chi connectivity index (χ0n) is 15.3. The van der Waals surface area contributed by atoms with Crippen LogP contribution < -0.4 is 5.32 Å².